The molecule has 20 heavy (non-hydrogen) atoms. The lowest BCUT2D eigenvalue weighted by Gasteiger charge is -2.13. The number of rotatable bonds is 7. The van der Waals surface area contributed by atoms with Crippen molar-refractivity contribution in [3.63, 3.8) is 0 Å². The maximum absolute atomic E-state index is 5.87. The van der Waals surface area contributed by atoms with E-state index in [-0.39, 0.29) is 0 Å². The van der Waals surface area contributed by atoms with E-state index in [4.69, 9.17) is 9.26 Å². The van der Waals surface area contributed by atoms with Crippen molar-refractivity contribution < 1.29 is 9.26 Å². The van der Waals surface area contributed by atoms with E-state index >= 15 is 0 Å². The summed E-state index contributed by atoms with van der Waals surface area (Å²) in [5.74, 6) is 2.02. The van der Waals surface area contributed by atoms with Crippen molar-refractivity contribution in [1.82, 2.24) is 15.5 Å². The second kappa shape index (κ2) is 7.05. The Bertz CT molecular complexity index is 552. The molecule has 2 aromatic rings. The molecule has 108 valence electrons. The van der Waals surface area contributed by atoms with Gasteiger partial charge in [0.2, 0.25) is 11.7 Å². The maximum atomic E-state index is 5.87. The van der Waals surface area contributed by atoms with Crippen LogP contribution in [-0.2, 0) is 13.2 Å². The minimum absolute atomic E-state index is 0.322. The SMILES string of the molecule is CCCNCc1cccc(C)c1OCc1noc(C)n1. The molecule has 0 radical (unpaired) electrons. The summed E-state index contributed by atoms with van der Waals surface area (Å²) in [7, 11) is 0. The molecule has 0 unspecified atom stereocenters. The van der Waals surface area contributed by atoms with Crippen molar-refractivity contribution in [3.05, 3.63) is 41.0 Å². The van der Waals surface area contributed by atoms with Crippen LogP contribution in [0.2, 0.25) is 0 Å². The normalized spacial score (nSPS) is 10.8. The highest BCUT2D eigenvalue weighted by molar-refractivity contribution is 5.40. The van der Waals surface area contributed by atoms with Crippen LogP contribution in [0.15, 0.2) is 22.7 Å². The molecule has 0 fully saturated rings. The average molecular weight is 275 g/mol. The Morgan fingerprint density at radius 2 is 2.15 bits per heavy atom. The van der Waals surface area contributed by atoms with Crippen LogP contribution in [0, 0.1) is 13.8 Å². The molecule has 1 aromatic carbocycles. The van der Waals surface area contributed by atoms with Gasteiger partial charge >= 0.3 is 0 Å². The van der Waals surface area contributed by atoms with Gasteiger partial charge in [0.1, 0.15) is 5.75 Å². The van der Waals surface area contributed by atoms with E-state index in [9.17, 15) is 0 Å². The quantitative estimate of drug-likeness (QED) is 0.787. The monoisotopic (exact) mass is 275 g/mol. The summed E-state index contributed by atoms with van der Waals surface area (Å²) < 4.78 is 10.8. The molecule has 5 heteroatoms. The third-order valence-corrected chi connectivity index (χ3v) is 2.95. The van der Waals surface area contributed by atoms with Gasteiger partial charge in [0.15, 0.2) is 6.61 Å². The van der Waals surface area contributed by atoms with Gasteiger partial charge in [-0.15, -0.1) is 0 Å². The first-order valence-corrected chi connectivity index (χ1v) is 6.92. The molecule has 0 aliphatic heterocycles. The molecule has 0 aliphatic rings. The smallest absolute Gasteiger partial charge is 0.223 e. The predicted molar refractivity (Wildman–Crippen MR) is 76.5 cm³/mol. The fourth-order valence-electron chi connectivity index (χ4n) is 2.00. The van der Waals surface area contributed by atoms with Crippen molar-refractivity contribution >= 4 is 0 Å². The summed E-state index contributed by atoms with van der Waals surface area (Å²) >= 11 is 0. The van der Waals surface area contributed by atoms with Crippen molar-refractivity contribution in [1.29, 1.82) is 0 Å². The lowest BCUT2D eigenvalue weighted by Crippen LogP contribution is -2.15. The number of para-hydroxylation sites is 1. The minimum atomic E-state index is 0.322. The number of hydrogen-bond donors (Lipinski definition) is 1. The molecule has 2 rings (SSSR count). The first-order valence-electron chi connectivity index (χ1n) is 6.92. The molecule has 0 spiro atoms. The van der Waals surface area contributed by atoms with Gasteiger partial charge in [0.05, 0.1) is 0 Å². The van der Waals surface area contributed by atoms with Crippen LogP contribution < -0.4 is 10.1 Å². The summed E-state index contributed by atoms with van der Waals surface area (Å²) in [6.07, 6.45) is 1.12. The van der Waals surface area contributed by atoms with Crippen LogP contribution in [0.4, 0.5) is 0 Å². The number of aryl methyl sites for hydroxylation is 2. The van der Waals surface area contributed by atoms with E-state index < -0.39 is 0 Å². The van der Waals surface area contributed by atoms with E-state index in [1.807, 2.05) is 19.1 Å². The van der Waals surface area contributed by atoms with Gasteiger partial charge in [-0.2, -0.15) is 4.98 Å². The van der Waals surface area contributed by atoms with E-state index in [1.54, 1.807) is 6.92 Å². The Morgan fingerprint density at radius 1 is 1.30 bits per heavy atom. The Labute approximate surface area is 119 Å². The van der Waals surface area contributed by atoms with Crippen molar-refractivity contribution in [2.45, 2.75) is 40.3 Å². The van der Waals surface area contributed by atoms with Gasteiger partial charge in [-0.05, 0) is 25.5 Å². The van der Waals surface area contributed by atoms with Gasteiger partial charge in [-0.25, -0.2) is 0 Å². The number of nitrogens with one attached hydrogen (secondary N) is 1. The van der Waals surface area contributed by atoms with Crippen LogP contribution in [0.5, 0.6) is 5.75 Å². The molecule has 0 amide bonds. The Hall–Kier alpha value is -1.88. The highest BCUT2D eigenvalue weighted by Gasteiger charge is 2.09. The Kier molecular flexibility index (Phi) is 5.12. The zero-order valence-electron chi connectivity index (χ0n) is 12.3. The fourth-order valence-corrected chi connectivity index (χ4v) is 2.00. The standard InChI is InChI=1S/C15H21N3O2/c1-4-8-16-9-13-7-5-6-11(2)15(13)19-10-14-17-12(3)20-18-14/h5-7,16H,4,8-10H2,1-3H3. The predicted octanol–water partition coefficient (Wildman–Crippen LogP) is 2.77. The third-order valence-electron chi connectivity index (χ3n) is 2.95. The van der Waals surface area contributed by atoms with Crippen LogP contribution in [0.1, 0.15) is 36.2 Å². The van der Waals surface area contributed by atoms with E-state index in [0.717, 1.165) is 36.4 Å². The topological polar surface area (TPSA) is 60.2 Å². The first-order chi connectivity index (χ1) is 9.70. The zero-order valence-corrected chi connectivity index (χ0v) is 12.3. The summed E-state index contributed by atoms with van der Waals surface area (Å²) in [6, 6.07) is 6.16. The first kappa shape index (κ1) is 14.5. The second-order valence-corrected chi connectivity index (χ2v) is 4.76. The molecule has 0 atom stereocenters. The largest absolute Gasteiger partial charge is 0.485 e. The van der Waals surface area contributed by atoms with Crippen LogP contribution in [0.3, 0.4) is 0 Å². The van der Waals surface area contributed by atoms with Gasteiger partial charge in [-0.3, -0.25) is 0 Å². The van der Waals surface area contributed by atoms with Crippen molar-refractivity contribution in [2.75, 3.05) is 6.54 Å². The number of ether oxygens (including phenoxy) is 1. The van der Waals surface area contributed by atoms with E-state index in [1.165, 1.54) is 0 Å². The number of benzene rings is 1. The lowest BCUT2D eigenvalue weighted by atomic mass is 10.1. The van der Waals surface area contributed by atoms with Gasteiger partial charge in [-0.1, -0.05) is 30.3 Å². The van der Waals surface area contributed by atoms with Gasteiger partial charge in [0, 0.05) is 19.0 Å². The number of nitrogens with zero attached hydrogens (tertiary/aromatic N) is 2. The molecule has 0 saturated heterocycles. The molecular weight excluding hydrogens is 254 g/mol. The molecule has 1 N–H and O–H groups in total. The molecular formula is C15H21N3O2. The molecule has 1 aromatic heterocycles. The summed E-state index contributed by atoms with van der Waals surface area (Å²) in [5, 5.41) is 7.23. The summed E-state index contributed by atoms with van der Waals surface area (Å²) in [5.41, 5.74) is 2.26. The highest BCUT2D eigenvalue weighted by Crippen LogP contribution is 2.24. The molecule has 0 aliphatic carbocycles. The van der Waals surface area contributed by atoms with Crippen molar-refractivity contribution in [2.24, 2.45) is 0 Å². The summed E-state index contributed by atoms with van der Waals surface area (Å²) in [4.78, 5) is 4.14. The van der Waals surface area contributed by atoms with Crippen molar-refractivity contribution in [3.8, 4) is 5.75 Å². The highest BCUT2D eigenvalue weighted by atomic mass is 16.5. The number of hydrogen-bond acceptors (Lipinski definition) is 5. The van der Waals surface area contributed by atoms with Crippen LogP contribution in [0.25, 0.3) is 0 Å². The second-order valence-electron chi connectivity index (χ2n) is 4.76. The van der Waals surface area contributed by atoms with Crippen LogP contribution in [-0.4, -0.2) is 16.7 Å². The van der Waals surface area contributed by atoms with E-state index in [2.05, 4.69) is 28.4 Å². The third kappa shape index (κ3) is 3.81. The Morgan fingerprint density at radius 3 is 2.85 bits per heavy atom. The lowest BCUT2D eigenvalue weighted by molar-refractivity contribution is 0.280. The van der Waals surface area contributed by atoms with Gasteiger partial charge < -0.3 is 14.6 Å². The number of aromatic nitrogens is 2. The minimum Gasteiger partial charge on any atom is -0.485 e. The fraction of sp³-hybridized carbons (Fsp3) is 0.467. The summed E-state index contributed by atoms with van der Waals surface area (Å²) in [6.45, 7) is 8.08. The molecule has 0 bridgehead atoms. The molecule has 5 nitrogen and oxygen atoms in total. The van der Waals surface area contributed by atoms with E-state index in [0.29, 0.717) is 18.3 Å². The Balaban J connectivity index is 2.04. The zero-order chi connectivity index (χ0) is 14.4. The maximum Gasteiger partial charge on any atom is 0.223 e. The molecule has 0 saturated carbocycles. The molecule has 1 heterocycles. The van der Waals surface area contributed by atoms with Crippen LogP contribution >= 0.6 is 0 Å². The van der Waals surface area contributed by atoms with Gasteiger partial charge in [0.25, 0.3) is 0 Å². The average Bonchev–Trinajstić information content (AvgIpc) is 2.84.